The van der Waals surface area contributed by atoms with Crippen molar-refractivity contribution >= 4 is 16.9 Å². The van der Waals surface area contributed by atoms with Crippen molar-refractivity contribution in [2.24, 2.45) is 0 Å². The summed E-state index contributed by atoms with van der Waals surface area (Å²) < 4.78 is 11.0. The molecule has 3 aromatic rings. The second-order valence-corrected chi connectivity index (χ2v) is 5.23. The van der Waals surface area contributed by atoms with E-state index < -0.39 is 0 Å². The van der Waals surface area contributed by atoms with Gasteiger partial charge in [0.15, 0.2) is 0 Å². The van der Waals surface area contributed by atoms with Gasteiger partial charge in [0.2, 0.25) is 0 Å². The van der Waals surface area contributed by atoms with Gasteiger partial charge in [-0.25, -0.2) is 0 Å². The number of ether oxygens (including phenoxy) is 1. The Morgan fingerprint density at radius 2 is 2.00 bits per heavy atom. The maximum Gasteiger partial charge on any atom is 0.251 e. The maximum absolute atomic E-state index is 12.3. The van der Waals surface area contributed by atoms with E-state index in [2.05, 4.69) is 5.32 Å². The van der Waals surface area contributed by atoms with Gasteiger partial charge >= 0.3 is 0 Å². The third-order valence-corrected chi connectivity index (χ3v) is 3.64. The van der Waals surface area contributed by atoms with Crippen molar-refractivity contribution in [2.75, 3.05) is 13.2 Å². The SMILES string of the molecule is CCOc1cc(C(=O)NCCc2ccccc2)cc2occc12. The lowest BCUT2D eigenvalue weighted by Gasteiger charge is -2.09. The maximum atomic E-state index is 12.3. The van der Waals surface area contributed by atoms with Crippen molar-refractivity contribution in [3.05, 3.63) is 65.9 Å². The Bertz CT molecular complexity index is 793. The lowest BCUT2D eigenvalue weighted by Crippen LogP contribution is -2.25. The van der Waals surface area contributed by atoms with Crippen molar-refractivity contribution in [1.29, 1.82) is 0 Å². The summed E-state index contributed by atoms with van der Waals surface area (Å²) in [7, 11) is 0. The predicted molar refractivity (Wildman–Crippen MR) is 89.9 cm³/mol. The van der Waals surface area contributed by atoms with Gasteiger partial charge < -0.3 is 14.5 Å². The van der Waals surface area contributed by atoms with Crippen molar-refractivity contribution in [2.45, 2.75) is 13.3 Å². The fourth-order valence-electron chi connectivity index (χ4n) is 2.51. The first kappa shape index (κ1) is 15.2. The summed E-state index contributed by atoms with van der Waals surface area (Å²) in [5, 5.41) is 3.82. The van der Waals surface area contributed by atoms with Crippen LogP contribution in [0.15, 0.2) is 59.2 Å². The Kier molecular flexibility index (Phi) is 4.62. The van der Waals surface area contributed by atoms with Gasteiger partial charge in [0.25, 0.3) is 5.91 Å². The molecule has 1 amide bonds. The smallest absolute Gasteiger partial charge is 0.251 e. The van der Waals surface area contributed by atoms with Gasteiger partial charge in [-0.15, -0.1) is 0 Å². The molecule has 1 heterocycles. The summed E-state index contributed by atoms with van der Waals surface area (Å²) in [4.78, 5) is 12.3. The van der Waals surface area contributed by atoms with Crippen LogP contribution in [0.2, 0.25) is 0 Å². The molecule has 0 aliphatic carbocycles. The molecule has 3 rings (SSSR count). The van der Waals surface area contributed by atoms with Gasteiger partial charge in [-0.05, 0) is 37.1 Å². The van der Waals surface area contributed by atoms with Gasteiger partial charge in [0.05, 0.1) is 18.3 Å². The molecule has 0 bridgehead atoms. The zero-order valence-electron chi connectivity index (χ0n) is 13.0. The Labute approximate surface area is 135 Å². The summed E-state index contributed by atoms with van der Waals surface area (Å²) in [5.74, 6) is 0.548. The molecule has 2 aromatic carbocycles. The van der Waals surface area contributed by atoms with Crippen LogP contribution in [0, 0.1) is 0 Å². The molecule has 0 spiro atoms. The van der Waals surface area contributed by atoms with Crippen LogP contribution < -0.4 is 10.1 Å². The zero-order valence-corrected chi connectivity index (χ0v) is 13.0. The highest BCUT2D eigenvalue weighted by Crippen LogP contribution is 2.28. The number of carbonyl (C=O) groups is 1. The highest BCUT2D eigenvalue weighted by atomic mass is 16.5. The van der Waals surface area contributed by atoms with Crippen LogP contribution in [0.3, 0.4) is 0 Å². The molecule has 0 fully saturated rings. The van der Waals surface area contributed by atoms with Crippen molar-refractivity contribution in [1.82, 2.24) is 5.32 Å². The molecular weight excluding hydrogens is 290 g/mol. The fraction of sp³-hybridized carbons (Fsp3) is 0.211. The topological polar surface area (TPSA) is 51.5 Å². The molecule has 0 atom stereocenters. The van der Waals surface area contributed by atoms with Gasteiger partial charge in [-0.1, -0.05) is 30.3 Å². The molecular formula is C19H19NO3. The minimum atomic E-state index is -0.125. The normalized spacial score (nSPS) is 10.7. The molecule has 0 aliphatic heterocycles. The lowest BCUT2D eigenvalue weighted by molar-refractivity contribution is 0.0953. The van der Waals surface area contributed by atoms with E-state index in [9.17, 15) is 4.79 Å². The van der Waals surface area contributed by atoms with E-state index >= 15 is 0 Å². The van der Waals surface area contributed by atoms with E-state index in [-0.39, 0.29) is 5.91 Å². The molecule has 118 valence electrons. The van der Waals surface area contributed by atoms with Crippen molar-refractivity contribution < 1.29 is 13.9 Å². The number of hydrogen-bond donors (Lipinski definition) is 1. The van der Waals surface area contributed by atoms with Crippen LogP contribution in [-0.4, -0.2) is 19.1 Å². The molecule has 0 saturated carbocycles. The van der Waals surface area contributed by atoms with E-state index in [1.165, 1.54) is 5.56 Å². The summed E-state index contributed by atoms with van der Waals surface area (Å²) in [6.07, 6.45) is 2.40. The number of fused-ring (bicyclic) bond motifs is 1. The molecule has 1 aromatic heterocycles. The molecule has 4 heteroatoms. The standard InChI is InChI=1S/C19H19NO3/c1-2-22-17-12-15(13-18-16(17)9-11-23-18)19(21)20-10-8-14-6-4-3-5-7-14/h3-7,9,11-13H,2,8,10H2,1H3,(H,20,21). The van der Waals surface area contributed by atoms with Gasteiger partial charge in [0.1, 0.15) is 11.3 Å². The predicted octanol–water partition coefficient (Wildman–Crippen LogP) is 3.80. The average molecular weight is 309 g/mol. The quantitative estimate of drug-likeness (QED) is 0.753. The van der Waals surface area contributed by atoms with E-state index in [4.69, 9.17) is 9.15 Å². The average Bonchev–Trinajstić information content (AvgIpc) is 3.05. The molecule has 4 nitrogen and oxygen atoms in total. The number of amides is 1. The first-order chi connectivity index (χ1) is 11.3. The highest BCUT2D eigenvalue weighted by molar-refractivity contribution is 5.99. The van der Waals surface area contributed by atoms with Crippen molar-refractivity contribution in [3.63, 3.8) is 0 Å². The Balaban J connectivity index is 1.70. The van der Waals surface area contributed by atoms with Gasteiger partial charge in [-0.3, -0.25) is 4.79 Å². The minimum absolute atomic E-state index is 0.125. The van der Waals surface area contributed by atoms with Crippen LogP contribution in [0.1, 0.15) is 22.8 Å². The number of rotatable bonds is 6. The number of nitrogens with one attached hydrogen (secondary N) is 1. The third kappa shape index (κ3) is 3.54. The molecule has 23 heavy (non-hydrogen) atoms. The van der Waals surface area contributed by atoms with Gasteiger partial charge in [-0.2, -0.15) is 0 Å². The Morgan fingerprint density at radius 1 is 1.17 bits per heavy atom. The van der Waals surface area contributed by atoms with Crippen LogP contribution >= 0.6 is 0 Å². The van der Waals surface area contributed by atoms with E-state index in [1.54, 1.807) is 18.4 Å². The molecule has 0 radical (unpaired) electrons. The van der Waals surface area contributed by atoms with E-state index in [0.717, 1.165) is 11.8 Å². The van der Waals surface area contributed by atoms with E-state index in [0.29, 0.717) is 30.0 Å². The first-order valence-corrected chi connectivity index (χ1v) is 7.74. The third-order valence-electron chi connectivity index (χ3n) is 3.64. The number of furan rings is 1. The monoisotopic (exact) mass is 309 g/mol. The van der Waals surface area contributed by atoms with Crippen molar-refractivity contribution in [3.8, 4) is 5.75 Å². The molecule has 0 aliphatic rings. The molecule has 1 N–H and O–H groups in total. The van der Waals surface area contributed by atoms with Crippen LogP contribution in [-0.2, 0) is 6.42 Å². The van der Waals surface area contributed by atoms with Crippen LogP contribution in [0.25, 0.3) is 11.0 Å². The number of benzene rings is 2. The fourth-order valence-corrected chi connectivity index (χ4v) is 2.51. The molecule has 0 saturated heterocycles. The zero-order chi connectivity index (χ0) is 16.1. The lowest BCUT2D eigenvalue weighted by atomic mass is 10.1. The second-order valence-electron chi connectivity index (χ2n) is 5.23. The minimum Gasteiger partial charge on any atom is -0.493 e. The summed E-state index contributed by atoms with van der Waals surface area (Å²) in [6.45, 7) is 3.04. The van der Waals surface area contributed by atoms with E-state index in [1.807, 2.05) is 43.3 Å². The molecule has 0 unspecified atom stereocenters. The largest absolute Gasteiger partial charge is 0.493 e. The number of hydrogen-bond acceptors (Lipinski definition) is 3. The summed E-state index contributed by atoms with van der Waals surface area (Å²) in [5.41, 5.74) is 2.40. The van der Waals surface area contributed by atoms with Crippen LogP contribution in [0.5, 0.6) is 5.75 Å². The highest BCUT2D eigenvalue weighted by Gasteiger charge is 2.12. The Hall–Kier alpha value is -2.75. The first-order valence-electron chi connectivity index (χ1n) is 7.74. The second kappa shape index (κ2) is 7.01. The van der Waals surface area contributed by atoms with Gasteiger partial charge in [0, 0.05) is 12.1 Å². The summed E-state index contributed by atoms with van der Waals surface area (Å²) >= 11 is 0. The Morgan fingerprint density at radius 3 is 2.78 bits per heavy atom. The summed E-state index contributed by atoms with van der Waals surface area (Å²) in [6, 6.07) is 15.4. The van der Waals surface area contributed by atoms with Crippen LogP contribution in [0.4, 0.5) is 0 Å². The number of carbonyl (C=O) groups excluding carboxylic acids is 1.